The smallest absolute Gasteiger partial charge is 0.305 e. The van der Waals surface area contributed by atoms with Gasteiger partial charge in [-0.2, -0.15) is 0 Å². The number of imidazole rings is 1. The van der Waals surface area contributed by atoms with Crippen molar-refractivity contribution in [1.82, 2.24) is 88.5 Å². The Balaban J connectivity index is 1.06. The molecule has 1 aromatic rings. The maximum Gasteiger partial charge on any atom is 0.305 e. The minimum atomic E-state index is -2.30. The van der Waals surface area contributed by atoms with Crippen LogP contribution in [0.2, 0.25) is 0 Å². The van der Waals surface area contributed by atoms with E-state index in [0.717, 1.165) is 44.4 Å². The number of aromatic amines is 1. The second-order valence-corrected chi connectivity index (χ2v) is 36.4. The minimum Gasteiger partial charge on any atom is -0.481 e. The van der Waals surface area contributed by atoms with E-state index in [9.17, 15) is 129 Å². The fourth-order valence-corrected chi connectivity index (χ4v) is 17.6. The van der Waals surface area contributed by atoms with Crippen molar-refractivity contribution < 1.29 is 186 Å². The molecular weight excluding hydrogens is 1920 g/mol. The lowest BCUT2D eigenvalue weighted by atomic mass is 9.95. The van der Waals surface area contributed by atoms with Gasteiger partial charge >= 0.3 is 5.97 Å². The Bertz CT molecular complexity index is 4550. The quantitative estimate of drug-likeness (QED) is 0.0164. The number of likely N-dealkylation sites (N-methyl/N-ethyl adjacent to an activating group) is 1. The number of carbonyl (C=O) groups excluding carboxylic acids is 15. The first-order valence-electron chi connectivity index (χ1n) is 47.2. The van der Waals surface area contributed by atoms with Crippen LogP contribution in [0.15, 0.2) is 17.5 Å². The van der Waals surface area contributed by atoms with Gasteiger partial charge in [-0.05, 0) is 91.9 Å². The van der Waals surface area contributed by atoms with E-state index in [4.69, 9.17) is 55.1 Å². The lowest BCUT2D eigenvalue weighted by Crippen LogP contribution is -2.69. The molecule has 0 saturated carbocycles. The van der Waals surface area contributed by atoms with Crippen molar-refractivity contribution in [3.05, 3.63) is 18.2 Å². The SMILES string of the molecule is CCNC(=O)C1CCCN1C(=O)C(C)NC(=O)C1CCCN1C(=O)C(CCCN=C(N)N)NC(=O)C(NC(=O)C(CC(=O)O)NC(=O)C1CCCN1C(=O)C(C)NC(=O)C(CO)NC(=O)C(NC(=O)C(NC(=O)CNC(=O)C(N)Cc1cnc[nH]1)C(C)C)C(C)O[C@H]1O[C@@H](CO)[C@H](O)C(O[C@@H]2O[C@@H](CO)[C@H](O)C(O)C2O)C1NC(C)=O)C(C)O[C@H]1O[C@@H](CO)[C@H](O)C(O[C@@H]2O[C@@H](CO)[C@H](O)C(O)C2O)C1NC(C)=O. The fourth-order valence-electron chi connectivity index (χ4n) is 17.6. The number of nitrogens with one attached hydrogen (secondary N) is 13. The number of H-pyrrole nitrogens is 1. The van der Waals surface area contributed by atoms with Crippen LogP contribution in [0.1, 0.15) is 126 Å². The number of carboxylic acids is 1. The Kier molecular flexibility index (Phi) is 45.3. The molecule has 0 aromatic carbocycles. The number of aliphatic carboxylic acids is 1. The van der Waals surface area contributed by atoms with Gasteiger partial charge in [0, 0.05) is 64.9 Å². The number of nitrogens with two attached hydrogens (primary N) is 3. The zero-order valence-corrected chi connectivity index (χ0v) is 80.7. The van der Waals surface area contributed by atoms with Crippen LogP contribution in [0, 0.1) is 5.92 Å². The number of amides is 15. The standard InChI is InChI=1S/C85H139N21O38/c1-10-90-72(128)45-16-12-20-104(45)79(135)35(5)95-73(129)46-17-14-22-106(46)80(136)42(15-11-19-91-85(87)88)98-76(132)55(36(6)137-81-57(96-38(8)112)67(61(119)50(30-110)139-81)143-83-65(123)63(121)59(117)48(28-108)141-83)102-70(126)43(24-53(115)116)99-74(130)47-18-13-21-105(47)78(134)34(4)94-71(127)44(27-107)100-77(133)56(103-75(131)54(33(2)3)101-52(114)26-92-69(125)41(86)23-40-25-89-32-93-40)37(7)138-82-58(97-39(9)113)68(62(120)51(31-111)140-82)144-84-66(124)64(122)60(118)49(29-109)142-84/h25,32-37,41-51,54-68,81-84,107-111,117-124H,10-24,26-31,86H2,1-9H3,(H,89,93)(H,90,128)(H,92,125)(H,94,127)(H,95,129)(H,96,112)(H,97,113)(H,98,132)(H,99,130)(H,100,133)(H,101,114)(H,102,126)(H,103,131)(H,115,116)(H4,87,88,91)/t34?,35?,36?,37?,41?,42?,43?,44?,45?,46?,47?,48-,49-,50-,51-,54?,55?,56?,57?,58?,59-,60-,61-,62-,63?,64?,65?,66?,67?,68?,81-,82-,83-,84-/m0/s1. The Morgan fingerprint density at radius 3 is 1.35 bits per heavy atom. The number of aliphatic imine (C=N–C) groups is 1. The maximum atomic E-state index is 15.6. The van der Waals surface area contributed by atoms with Gasteiger partial charge in [0.25, 0.3) is 0 Å². The van der Waals surface area contributed by atoms with E-state index < -0.39 is 360 Å². The largest absolute Gasteiger partial charge is 0.481 e. The number of aromatic nitrogens is 2. The van der Waals surface area contributed by atoms with Crippen molar-refractivity contribution in [2.75, 3.05) is 72.3 Å². The number of carbonyl (C=O) groups is 16. The summed E-state index contributed by atoms with van der Waals surface area (Å²) >= 11 is 0. The highest BCUT2D eigenvalue weighted by atomic mass is 16.7. The molecule has 15 amide bonds. The second kappa shape index (κ2) is 55.1. The molecule has 7 fully saturated rings. The van der Waals surface area contributed by atoms with Crippen LogP contribution < -0.4 is 81.0 Å². The number of rotatable bonds is 49. The Labute approximate surface area is 824 Å². The van der Waals surface area contributed by atoms with Gasteiger partial charge in [-0.15, -0.1) is 0 Å². The molecule has 59 heteroatoms. The first kappa shape index (κ1) is 118. The van der Waals surface area contributed by atoms with Crippen LogP contribution in [0.4, 0.5) is 0 Å². The summed E-state index contributed by atoms with van der Waals surface area (Å²) in [5, 5.41) is 180. The van der Waals surface area contributed by atoms with Crippen molar-refractivity contribution in [1.29, 1.82) is 0 Å². The Morgan fingerprint density at radius 2 is 0.917 bits per heavy atom. The van der Waals surface area contributed by atoms with Crippen LogP contribution >= 0.6 is 0 Å². The molecule has 8 heterocycles. The first-order chi connectivity index (χ1) is 68.0. The number of hydrogen-bond acceptors (Lipinski definition) is 40. The van der Waals surface area contributed by atoms with Crippen molar-refractivity contribution >= 4 is 101 Å². The summed E-state index contributed by atoms with van der Waals surface area (Å²) in [6, 6.07) is -24.0. The molecule has 7 saturated heterocycles. The molecule has 144 heavy (non-hydrogen) atoms. The number of aliphatic hydroxyl groups is 13. The van der Waals surface area contributed by atoms with Gasteiger partial charge in [0.2, 0.25) is 88.6 Å². The van der Waals surface area contributed by atoms with Crippen LogP contribution in [-0.2, 0) is 121 Å². The normalized spacial score (nSPS) is 29.8. The second-order valence-electron chi connectivity index (χ2n) is 36.4. The van der Waals surface area contributed by atoms with Crippen LogP contribution in [0.25, 0.3) is 0 Å². The molecule has 812 valence electrons. The van der Waals surface area contributed by atoms with E-state index in [-0.39, 0.29) is 77.7 Å². The van der Waals surface area contributed by atoms with E-state index in [2.05, 4.69) is 78.8 Å². The summed E-state index contributed by atoms with van der Waals surface area (Å²) < 4.78 is 47.4. The average molecular weight is 2060 g/mol. The number of hydrogen-bond donors (Lipinski definition) is 30. The van der Waals surface area contributed by atoms with Gasteiger partial charge in [-0.3, -0.25) is 81.7 Å². The number of likely N-dealkylation sites (tertiary alicyclic amines) is 3. The van der Waals surface area contributed by atoms with E-state index in [0.29, 0.717) is 18.5 Å². The van der Waals surface area contributed by atoms with Crippen molar-refractivity contribution in [3.63, 3.8) is 0 Å². The third kappa shape index (κ3) is 31.1. The molecule has 0 spiro atoms. The van der Waals surface area contributed by atoms with E-state index in [1.165, 1.54) is 38.2 Å². The summed E-state index contributed by atoms with van der Waals surface area (Å²) in [6.07, 6.45) is -37.5. The highest BCUT2D eigenvalue weighted by Gasteiger charge is 2.57. The molecular formula is C85H139N21O38. The summed E-state index contributed by atoms with van der Waals surface area (Å²) in [7, 11) is 0. The molecule has 34 atom stereocenters. The molecule has 0 aliphatic carbocycles. The zero-order chi connectivity index (χ0) is 107. The molecule has 0 bridgehead atoms. The summed E-state index contributed by atoms with van der Waals surface area (Å²) in [6.45, 7) is 4.81. The summed E-state index contributed by atoms with van der Waals surface area (Å²) in [4.78, 5) is 241. The number of aliphatic hydroxyl groups excluding tert-OH is 13. The van der Waals surface area contributed by atoms with Gasteiger partial charge in [0.1, 0.15) is 164 Å². The number of carboxylic acid groups (broad SMARTS) is 1. The first-order valence-corrected chi connectivity index (χ1v) is 47.2. The maximum absolute atomic E-state index is 15.6. The van der Waals surface area contributed by atoms with Crippen molar-refractivity contribution in [2.24, 2.45) is 28.1 Å². The van der Waals surface area contributed by atoms with Crippen LogP contribution in [0.3, 0.4) is 0 Å². The minimum absolute atomic E-state index is 0.00392. The molecule has 59 nitrogen and oxygen atoms in total. The lowest BCUT2D eigenvalue weighted by molar-refractivity contribution is -0.347. The molecule has 33 N–H and O–H groups in total. The fraction of sp³-hybridized carbons (Fsp3) is 0.765. The zero-order valence-electron chi connectivity index (χ0n) is 80.7. The molecule has 0 radical (unpaired) electrons. The summed E-state index contributed by atoms with van der Waals surface area (Å²) in [5.41, 5.74) is 17.8. The van der Waals surface area contributed by atoms with Gasteiger partial charge in [-0.25, -0.2) is 4.98 Å². The Hall–Kier alpha value is -10.9. The van der Waals surface area contributed by atoms with Gasteiger partial charge in [-0.1, -0.05) is 13.8 Å². The predicted octanol–water partition coefficient (Wildman–Crippen LogP) is -17.1. The average Bonchev–Trinajstić information content (AvgIpc) is 1.05. The van der Waals surface area contributed by atoms with Crippen LogP contribution in [0.5, 0.6) is 0 Å². The third-order valence-electron chi connectivity index (χ3n) is 25.3. The third-order valence-corrected chi connectivity index (χ3v) is 25.3. The number of nitrogens with zero attached hydrogens (tertiary/aromatic N) is 5. The van der Waals surface area contributed by atoms with Crippen LogP contribution in [-0.4, -0.2) is 476 Å². The molecule has 22 unspecified atom stereocenters. The van der Waals surface area contributed by atoms with Gasteiger partial charge in [0.05, 0.1) is 70.6 Å². The molecule has 8 rings (SSSR count). The van der Waals surface area contributed by atoms with E-state index >= 15 is 19.2 Å². The highest BCUT2D eigenvalue weighted by molar-refractivity contribution is 6.01. The highest BCUT2D eigenvalue weighted by Crippen LogP contribution is 2.35. The van der Waals surface area contributed by atoms with Gasteiger partial charge < -0.3 is 210 Å². The lowest BCUT2D eigenvalue weighted by Gasteiger charge is -2.48. The molecule has 1 aromatic heterocycles. The molecule has 7 aliphatic rings. The van der Waals surface area contributed by atoms with Crippen molar-refractivity contribution in [2.45, 2.75) is 334 Å². The topological polar surface area (TPSA) is 903 Å². The van der Waals surface area contributed by atoms with E-state index in [1.54, 1.807) is 6.92 Å². The Morgan fingerprint density at radius 1 is 0.493 bits per heavy atom. The van der Waals surface area contributed by atoms with Gasteiger partial charge in [0.15, 0.2) is 31.1 Å². The van der Waals surface area contributed by atoms with E-state index in [1.807, 2.05) is 0 Å². The summed E-state index contributed by atoms with van der Waals surface area (Å²) in [5.74, 6) is -18.7. The monoisotopic (exact) mass is 2060 g/mol. The predicted molar refractivity (Wildman–Crippen MR) is 484 cm³/mol. The number of ether oxygens (including phenoxy) is 8. The van der Waals surface area contributed by atoms with Crippen molar-refractivity contribution in [3.8, 4) is 0 Å². The molecule has 7 aliphatic heterocycles. The number of guanidine groups is 1.